The Balaban J connectivity index is 2.15. The highest BCUT2D eigenvalue weighted by atomic mass is 79.9. The lowest BCUT2D eigenvalue weighted by Crippen LogP contribution is -2.06. The molecule has 1 aromatic heterocycles. The van der Waals surface area contributed by atoms with E-state index in [2.05, 4.69) is 26.1 Å². The lowest BCUT2D eigenvalue weighted by atomic mass is 10.1. The van der Waals surface area contributed by atoms with Crippen LogP contribution in [0.15, 0.2) is 33.9 Å². The number of hydrogen-bond donors (Lipinski definition) is 1. The molecule has 5 nitrogen and oxygen atoms in total. The van der Waals surface area contributed by atoms with Crippen LogP contribution in [0.5, 0.6) is 0 Å². The zero-order chi connectivity index (χ0) is 14.5. The van der Waals surface area contributed by atoms with Crippen LogP contribution in [0.25, 0.3) is 0 Å². The van der Waals surface area contributed by atoms with Crippen LogP contribution in [-0.4, -0.2) is 31.6 Å². The Kier molecular flexibility index (Phi) is 5.19. The van der Waals surface area contributed by atoms with E-state index in [0.29, 0.717) is 11.6 Å². The number of benzene rings is 1. The molecule has 0 spiro atoms. The molecule has 0 bridgehead atoms. The maximum Gasteiger partial charge on any atom is 0.313 e. The first-order chi connectivity index (χ1) is 9.60. The molecule has 1 aromatic carbocycles. The fourth-order valence-electron chi connectivity index (χ4n) is 1.79. The summed E-state index contributed by atoms with van der Waals surface area (Å²) < 4.78 is 2.99. The highest BCUT2D eigenvalue weighted by Crippen LogP contribution is 2.19. The van der Waals surface area contributed by atoms with Crippen molar-refractivity contribution in [3.8, 4) is 0 Å². The Labute approximate surface area is 129 Å². The maximum atomic E-state index is 10.6. The summed E-state index contributed by atoms with van der Waals surface area (Å²) >= 11 is 4.60. The number of rotatable bonds is 6. The predicted molar refractivity (Wildman–Crippen MR) is 81.0 cm³/mol. The smallest absolute Gasteiger partial charge is 0.313 e. The summed E-state index contributed by atoms with van der Waals surface area (Å²) in [6, 6.07) is 8.04. The molecule has 0 unspecified atom stereocenters. The molecule has 1 heterocycles. The van der Waals surface area contributed by atoms with Crippen molar-refractivity contribution < 1.29 is 9.90 Å². The molecule has 0 fully saturated rings. The van der Waals surface area contributed by atoms with E-state index in [-0.39, 0.29) is 5.75 Å². The van der Waals surface area contributed by atoms with Gasteiger partial charge in [-0.3, -0.25) is 4.79 Å². The molecule has 0 amide bonds. The van der Waals surface area contributed by atoms with Gasteiger partial charge in [-0.2, -0.15) is 0 Å². The topological polar surface area (TPSA) is 68.0 Å². The van der Waals surface area contributed by atoms with Gasteiger partial charge < -0.3 is 9.67 Å². The minimum absolute atomic E-state index is 0.00355. The monoisotopic (exact) mass is 355 g/mol. The first kappa shape index (κ1) is 15.1. The van der Waals surface area contributed by atoms with Crippen molar-refractivity contribution in [2.24, 2.45) is 0 Å². The lowest BCUT2D eigenvalue weighted by Gasteiger charge is -2.06. The van der Waals surface area contributed by atoms with E-state index in [0.717, 1.165) is 22.4 Å². The van der Waals surface area contributed by atoms with Crippen LogP contribution in [0.4, 0.5) is 0 Å². The highest BCUT2D eigenvalue weighted by molar-refractivity contribution is 9.10. The van der Waals surface area contributed by atoms with Gasteiger partial charge in [0.15, 0.2) is 5.16 Å². The van der Waals surface area contributed by atoms with Gasteiger partial charge in [-0.05, 0) is 24.6 Å². The lowest BCUT2D eigenvalue weighted by molar-refractivity contribution is -0.133. The summed E-state index contributed by atoms with van der Waals surface area (Å²) in [5.41, 5.74) is 1.14. The quantitative estimate of drug-likeness (QED) is 0.807. The van der Waals surface area contributed by atoms with E-state index in [1.165, 1.54) is 11.8 Å². The van der Waals surface area contributed by atoms with Crippen molar-refractivity contribution in [1.82, 2.24) is 14.8 Å². The molecule has 0 saturated heterocycles. The van der Waals surface area contributed by atoms with Gasteiger partial charge in [-0.1, -0.05) is 39.8 Å². The Hall–Kier alpha value is -1.34. The van der Waals surface area contributed by atoms with Crippen molar-refractivity contribution in [2.75, 3.05) is 5.75 Å². The van der Waals surface area contributed by atoms with Crippen molar-refractivity contribution >= 4 is 33.7 Å². The molecule has 2 aromatic rings. The zero-order valence-corrected chi connectivity index (χ0v) is 13.3. The molecule has 0 radical (unpaired) electrons. The van der Waals surface area contributed by atoms with Crippen LogP contribution in [0.1, 0.15) is 18.3 Å². The fourth-order valence-corrected chi connectivity index (χ4v) is 2.79. The van der Waals surface area contributed by atoms with Gasteiger partial charge in [0.2, 0.25) is 0 Å². The molecular formula is C13H14BrN3O2S. The summed E-state index contributed by atoms with van der Waals surface area (Å²) in [5.74, 6) is -0.00557. The Bertz CT molecular complexity index is 598. The van der Waals surface area contributed by atoms with Crippen LogP contribution in [-0.2, 0) is 17.8 Å². The first-order valence-electron chi connectivity index (χ1n) is 6.11. The molecule has 106 valence electrons. The Morgan fingerprint density at radius 3 is 2.65 bits per heavy atom. The average molecular weight is 356 g/mol. The summed E-state index contributed by atoms with van der Waals surface area (Å²) in [5, 5.41) is 17.6. The number of aromatic nitrogens is 3. The number of nitrogens with zero attached hydrogens (tertiary/aromatic N) is 3. The fraction of sp³-hybridized carbons (Fsp3) is 0.308. The maximum absolute atomic E-state index is 10.6. The average Bonchev–Trinajstić information content (AvgIpc) is 2.81. The van der Waals surface area contributed by atoms with Crippen LogP contribution >= 0.6 is 27.7 Å². The third kappa shape index (κ3) is 3.83. The molecule has 0 aliphatic carbocycles. The number of aliphatic carboxylic acids is 1. The van der Waals surface area contributed by atoms with Crippen molar-refractivity contribution in [3.05, 3.63) is 40.1 Å². The standard InChI is InChI=1S/C13H14BrN3O2S/c1-2-17-11(7-9-3-5-10(14)6-4-9)15-16-13(17)20-8-12(18)19/h3-6H,2,7-8H2,1H3,(H,18,19). The largest absolute Gasteiger partial charge is 0.481 e. The number of carbonyl (C=O) groups is 1. The van der Waals surface area contributed by atoms with E-state index < -0.39 is 5.97 Å². The first-order valence-corrected chi connectivity index (χ1v) is 7.89. The van der Waals surface area contributed by atoms with Gasteiger partial charge in [0.1, 0.15) is 5.82 Å². The van der Waals surface area contributed by atoms with Gasteiger partial charge in [0.25, 0.3) is 0 Å². The third-order valence-electron chi connectivity index (χ3n) is 2.71. The number of halogens is 1. The summed E-state index contributed by atoms with van der Waals surface area (Å²) in [6.07, 6.45) is 0.682. The van der Waals surface area contributed by atoms with Crippen molar-refractivity contribution in [3.63, 3.8) is 0 Å². The third-order valence-corrected chi connectivity index (χ3v) is 4.19. The van der Waals surface area contributed by atoms with Gasteiger partial charge in [0, 0.05) is 17.4 Å². The van der Waals surface area contributed by atoms with E-state index in [4.69, 9.17) is 5.11 Å². The van der Waals surface area contributed by atoms with E-state index >= 15 is 0 Å². The predicted octanol–water partition coefficient (Wildman–Crippen LogP) is 2.83. The molecule has 7 heteroatoms. The number of hydrogen-bond acceptors (Lipinski definition) is 4. The van der Waals surface area contributed by atoms with Crippen molar-refractivity contribution in [1.29, 1.82) is 0 Å². The van der Waals surface area contributed by atoms with E-state index in [9.17, 15) is 4.79 Å². The molecule has 0 aliphatic rings. The molecule has 2 rings (SSSR count). The van der Waals surface area contributed by atoms with Gasteiger partial charge in [-0.15, -0.1) is 10.2 Å². The second kappa shape index (κ2) is 6.90. The zero-order valence-electron chi connectivity index (χ0n) is 10.9. The second-order valence-electron chi connectivity index (χ2n) is 4.13. The molecule has 0 aliphatic heterocycles. The van der Waals surface area contributed by atoms with Gasteiger partial charge >= 0.3 is 5.97 Å². The second-order valence-corrected chi connectivity index (χ2v) is 5.99. The van der Waals surface area contributed by atoms with Crippen LogP contribution < -0.4 is 0 Å². The highest BCUT2D eigenvalue weighted by Gasteiger charge is 2.13. The van der Waals surface area contributed by atoms with Crippen molar-refractivity contribution in [2.45, 2.75) is 25.0 Å². The Morgan fingerprint density at radius 1 is 1.35 bits per heavy atom. The molecule has 1 N–H and O–H groups in total. The molecule has 0 saturated carbocycles. The number of carboxylic acids is 1. The van der Waals surface area contributed by atoms with Gasteiger partial charge in [-0.25, -0.2) is 0 Å². The summed E-state index contributed by atoms with van der Waals surface area (Å²) in [4.78, 5) is 10.6. The Morgan fingerprint density at radius 2 is 2.05 bits per heavy atom. The van der Waals surface area contributed by atoms with Crippen LogP contribution in [0, 0.1) is 0 Å². The molecule has 20 heavy (non-hydrogen) atoms. The minimum atomic E-state index is -0.852. The van der Waals surface area contributed by atoms with E-state index in [1.54, 1.807) is 0 Å². The molecular weight excluding hydrogens is 342 g/mol. The summed E-state index contributed by atoms with van der Waals surface area (Å²) in [6.45, 7) is 2.72. The van der Waals surface area contributed by atoms with E-state index in [1.807, 2.05) is 35.8 Å². The SMILES string of the molecule is CCn1c(Cc2ccc(Br)cc2)nnc1SCC(=O)O. The summed E-state index contributed by atoms with van der Waals surface area (Å²) in [7, 11) is 0. The number of thioether (sulfide) groups is 1. The number of carboxylic acid groups (broad SMARTS) is 1. The minimum Gasteiger partial charge on any atom is -0.481 e. The van der Waals surface area contributed by atoms with Crippen LogP contribution in [0.3, 0.4) is 0 Å². The van der Waals surface area contributed by atoms with Gasteiger partial charge in [0.05, 0.1) is 5.75 Å². The normalized spacial score (nSPS) is 10.7. The molecule has 0 atom stereocenters. The van der Waals surface area contributed by atoms with Crippen LogP contribution in [0.2, 0.25) is 0 Å².